The van der Waals surface area contributed by atoms with E-state index in [1.54, 1.807) is 68.4 Å². The number of amides is 2. The first-order valence-corrected chi connectivity index (χ1v) is 15.1. The number of carbonyl (C=O) groups is 2. The van der Waals surface area contributed by atoms with Crippen molar-refractivity contribution < 1.29 is 18.0 Å². The molecule has 2 amide bonds. The molecule has 0 aliphatic heterocycles. The fourth-order valence-electron chi connectivity index (χ4n) is 4.04. The molecule has 0 saturated heterocycles. The molecule has 0 aromatic heterocycles. The Kier molecular flexibility index (Phi) is 10.2. The third-order valence-corrected chi connectivity index (χ3v) is 8.81. The normalized spacial score (nSPS) is 12.5. The van der Waals surface area contributed by atoms with Gasteiger partial charge in [-0.1, -0.05) is 59.1 Å². The minimum absolute atomic E-state index is 0.0105. The zero-order valence-electron chi connectivity index (χ0n) is 22.9. The highest BCUT2D eigenvalue weighted by atomic mass is 35.5. The van der Waals surface area contributed by atoms with E-state index in [9.17, 15) is 18.0 Å². The van der Waals surface area contributed by atoms with Crippen molar-refractivity contribution in [2.45, 2.75) is 57.6 Å². The Hall–Kier alpha value is -2.78. The Bertz CT molecular complexity index is 1470. The highest BCUT2D eigenvalue weighted by Gasteiger charge is 2.34. The summed E-state index contributed by atoms with van der Waals surface area (Å²) in [5, 5.41) is 3.94. The zero-order valence-corrected chi connectivity index (χ0v) is 26.0. The molecule has 0 aliphatic carbocycles. The average Bonchev–Trinajstić information content (AvgIpc) is 2.86. The van der Waals surface area contributed by atoms with E-state index in [0.29, 0.717) is 26.2 Å². The molecule has 1 N–H and O–H groups in total. The SMILES string of the molecule is Cc1cc(Cl)ccc1N(CC(=O)N(Cc1c(Cl)cccc1Cl)C(C)C(=O)NC(C)(C)C)S(=O)(=O)c1ccccc1. The summed E-state index contributed by atoms with van der Waals surface area (Å²) in [6.07, 6.45) is 0. The summed E-state index contributed by atoms with van der Waals surface area (Å²) in [7, 11) is -4.19. The highest BCUT2D eigenvalue weighted by molar-refractivity contribution is 7.92. The van der Waals surface area contributed by atoms with Gasteiger partial charge in [-0.25, -0.2) is 8.42 Å². The van der Waals surface area contributed by atoms with Gasteiger partial charge in [0, 0.05) is 32.7 Å². The van der Waals surface area contributed by atoms with Crippen LogP contribution in [0.15, 0.2) is 71.6 Å². The van der Waals surface area contributed by atoms with Crippen LogP contribution >= 0.6 is 34.8 Å². The van der Waals surface area contributed by atoms with Crippen LogP contribution in [0.5, 0.6) is 0 Å². The predicted molar refractivity (Wildman–Crippen MR) is 162 cm³/mol. The number of rotatable bonds is 9. The Balaban J connectivity index is 2.10. The van der Waals surface area contributed by atoms with Gasteiger partial charge in [0.25, 0.3) is 10.0 Å². The van der Waals surface area contributed by atoms with Gasteiger partial charge in [-0.05, 0) is 82.6 Å². The molecule has 0 saturated carbocycles. The van der Waals surface area contributed by atoms with Crippen molar-refractivity contribution in [1.29, 1.82) is 0 Å². The van der Waals surface area contributed by atoms with Crippen molar-refractivity contribution in [3.63, 3.8) is 0 Å². The molecule has 40 heavy (non-hydrogen) atoms. The van der Waals surface area contributed by atoms with Crippen molar-refractivity contribution >= 4 is 62.3 Å². The first-order chi connectivity index (χ1) is 18.6. The van der Waals surface area contributed by atoms with Crippen molar-refractivity contribution in [1.82, 2.24) is 10.2 Å². The van der Waals surface area contributed by atoms with Crippen molar-refractivity contribution in [2.75, 3.05) is 10.8 Å². The molecule has 0 fully saturated rings. The lowest BCUT2D eigenvalue weighted by molar-refractivity contribution is -0.140. The largest absolute Gasteiger partial charge is 0.350 e. The van der Waals surface area contributed by atoms with Crippen LogP contribution in [0.2, 0.25) is 15.1 Å². The van der Waals surface area contributed by atoms with Gasteiger partial charge in [0.1, 0.15) is 12.6 Å². The standard InChI is InChI=1S/C29H32Cl3N3O4S/c1-19-16-21(30)14-15-26(19)35(40(38,39)22-10-7-6-8-11-22)18-27(36)34(20(2)28(37)33-29(3,4)5)17-23-24(31)12-9-13-25(23)32/h6-16,20H,17-18H2,1-5H3,(H,33,37). The van der Waals surface area contributed by atoms with Gasteiger partial charge in [-0.3, -0.25) is 13.9 Å². The average molecular weight is 625 g/mol. The summed E-state index contributed by atoms with van der Waals surface area (Å²) < 4.78 is 28.8. The number of benzene rings is 3. The Morgan fingerprint density at radius 1 is 0.925 bits per heavy atom. The molecule has 0 bridgehead atoms. The number of nitrogens with one attached hydrogen (secondary N) is 1. The quantitative estimate of drug-likeness (QED) is 0.295. The lowest BCUT2D eigenvalue weighted by Crippen LogP contribution is -2.54. The fraction of sp³-hybridized carbons (Fsp3) is 0.310. The molecular weight excluding hydrogens is 593 g/mol. The second-order valence-electron chi connectivity index (χ2n) is 10.4. The molecule has 1 unspecified atom stereocenters. The fourth-order valence-corrected chi connectivity index (χ4v) is 6.29. The molecule has 0 spiro atoms. The monoisotopic (exact) mass is 623 g/mol. The molecule has 0 heterocycles. The first-order valence-electron chi connectivity index (χ1n) is 12.5. The van der Waals surface area contributed by atoms with E-state index in [-0.39, 0.29) is 17.1 Å². The number of carbonyl (C=O) groups excluding carboxylic acids is 2. The molecule has 3 aromatic rings. The summed E-state index contributed by atoms with van der Waals surface area (Å²) in [4.78, 5) is 28.6. The van der Waals surface area contributed by atoms with Gasteiger partial charge in [0.2, 0.25) is 11.8 Å². The van der Waals surface area contributed by atoms with Crippen molar-refractivity contribution in [3.05, 3.63) is 92.9 Å². The minimum atomic E-state index is -4.19. The van der Waals surface area contributed by atoms with E-state index in [1.165, 1.54) is 17.0 Å². The number of hydrogen-bond donors (Lipinski definition) is 1. The van der Waals surface area contributed by atoms with Gasteiger partial charge in [-0.15, -0.1) is 0 Å². The molecule has 1 atom stereocenters. The Morgan fingerprint density at radius 2 is 1.52 bits per heavy atom. The third kappa shape index (κ3) is 7.69. The smallest absolute Gasteiger partial charge is 0.264 e. The van der Waals surface area contributed by atoms with E-state index in [0.717, 1.165) is 4.31 Å². The van der Waals surface area contributed by atoms with Crippen LogP contribution in [0.25, 0.3) is 0 Å². The van der Waals surface area contributed by atoms with Crippen LogP contribution in [0.3, 0.4) is 0 Å². The van der Waals surface area contributed by atoms with Crippen molar-refractivity contribution in [3.8, 4) is 0 Å². The van der Waals surface area contributed by atoms with Gasteiger partial charge in [0.15, 0.2) is 0 Å². The van der Waals surface area contributed by atoms with Crippen LogP contribution in [-0.4, -0.2) is 43.3 Å². The molecule has 3 rings (SSSR count). The third-order valence-electron chi connectivity index (χ3n) is 6.09. The van der Waals surface area contributed by atoms with Crippen LogP contribution in [0, 0.1) is 6.92 Å². The number of halogens is 3. The predicted octanol–water partition coefficient (Wildman–Crippen LogP) is 6.48. The number of nitrogens with zero attached hydrogens (tertiary/aromatic N) is 2. The second-order valence-corrected chi connectivity index (χ2v) is 13.5. The van der Waals surface area contributed by atoms with Crippen LogP contribution < -0.4 is 9.62 Å². The van der Waals surface area contributed by atoms with Crippen LogP contribution in [0.1, 0.15) is 38.8 Å². The first kappa shape index (κ1) is 31.7. The number of hydrogen-bond acceptors (Lipinski definition) is 4. The highest BCUT2D eigenvalue weighted by Crippen LogP contribution is 2.30. The molecular formula is C29H32Cl3N3O4S. The maximum Gasteiger partial charge on any atom is 0.264 e. The summed E-state index contributed by atoms with van der Waals surface area (Å²) in [5.41, 5.74) is 0.712. The summed E-state index contributed by atoms with van der Waals surface area (Å²) in [6, 6.07) is 16.5. The molecule has 7 nitrogen and oxygen atoms in total. The van der Waals surface area contributed by atoms with Crippen LogP contribution in [0.4, 0.5) is 5.69 Å². The number of sulfonamides is 1. The Labute approximate surface area is 251 Å². The molecule has 0 aliphatic rings. The summed E-state index contributed by atoms with van der Waals surface area (Å²) in [5.74, 6) is -1.04. The second kappa shape index (κ2) is 12.8. The van der Waals surface area contributed by atoms with E-state index in [4.69, 9.17) is 34.8 Å². The lowest BCUT2D eigenvalue weighted by atomic mass is 10.1. The van der Waals surface area contributed by atoms with Gasteiger partial charge < -0.3 is 10.2 Å². The van der Waals surface area contributed by atoms with Crippen LogP contribution in [-0.2, 0) is 26.2 Å². The summed E-state index contributed by atoms with van der Waals surface area (Å²) >= 11 is 19.0. The van der Waals surface area contributed by atoms with Gasteiger partial charge >= 0.3 is 0 Å². The van der Waals surface area contributed by atoms with Crippen molar-refractivity contribution in [2.24, 2.45) is 0 Å². The molecule has 0 radical (unpaired) electrons. The zero-order chi connectivity index (χ0) is 29.8. The van der Waals surface area contributed by atoms with E-state index < -0.39 is 40.0 Å². The maximum atomic E-state index is 14.0. The lowest BCUT2D eigenvalue weighted by Gasteiger charge is -2.34. The topological polar surface area (TPSA) is 86.8 Å². The van der Waals surface area contributed by atoms with Gasteiger partial charge in [0.05, 0.1) is 10.6 Å². The summed E-state index contributed by atoms with van der Waals surface area (Å²) in [6.45, 7) is 8.06. The van der Waals surface area contributed by atoms with E-state index in [2.05, 4.69) is 5.32 Å². The molecule has 3 aromatic carbocycles. The van der Waals surface area contributed by atoms with E-state index >= 15 is 0 Å². The van der Waals surface area contributed by atoms with E-state index in [1.807, 2.05) is 20.8 Å². The number of anilines is 1. The maximum absolute atomic E-state index is 14.0. The Morgan fingerprint density at radius 3 is 2.08 bits per heavy atom. The van der Waals surface area contributed by atoms with Gasteiger partial charge in [-0.2, -0.15) is 0 Å². The number of aryl methyl sites for hydroxylation is 1. The minimum Gasteiger partial charge on any atom is -0.350 e. The molecule has 11 heteroatoms. The molecule has 214 valence electrons.